The molecule has 0 amide bonds. The van der Waals surface area contributed by atoms with Crippen molar-refractivity contribution in [2.45, 2.75) is 206 Å². The van der Waals surface area contributed by atoms with Gasteiger partial charge < -0.3 is 43.2 Å². The van der Waals surface area contributed by atoms with Crippen LogP contribution in [-0.4, -0.2) is 44.9 Å². The van der Waals surface area contributed by atoms with Crippen molar-refractivity contribution in [2.24, 2.45) is 0 Å². The van der Waals surface area contributed by atoms with E-state index in [2.05, 4.69) is 122 Å². The molecule has 0 bridgehead atoms. The minimum absolute atomic E-state index is 0. The van der Waals surface area contributed by atoms with Crippen LogP contribution in [0.4, 0.5) is 0 Å². The van der Waals surface area contributed by atoms with E-state index < -0.39 is 71.5 Å². The SMILES string of the molecule is [2H]C(CC)(CC)c1cnc(-c2[c-]cccc2)cc1C.[2H]C([2H])([2H])c1cc(-c2[c-]ccc3c2oc2nc(C)ccc23)ncc1C(CC)CC.[2H]C([2H])([2H])c1cc(-c2[c-]ccc3c2oc2nc(C)ccc23)ncc1C([2H])(C)C([2H])([2H])[2H].[2H]C([2H])([2H])c1cc(-c2[c-]ccc3c2oc2nc(C)ccc23)ncc1C([2H])(C)C([2H])([2H])[2H].[2H]C([2H])([2H])c1cnc(-c2[c-]cccc2)cc1C.[2H]C([2H])([2H])c1cnc(-c2[c-]cccc2)cc1C([2H])(CC)CC.[Ir].[Ir].[Ir]. The van der Waals surface area contributed by atoms with Crippen molar-refractivity contribution in [1.29, 1.82) is 0 Å². The Hall–Kier alpha value is -11.0. The Kier molecular flexibility index (Phi) is 24.5. The number of nitrogens with zero attached hydrogens (tertiary/aromatic N) is 9. The van der Waals surface area contributed by atoms with Crippen molar-refractivity contribution < 1.29 is 108 Å². The van der Waals surface area contributed by atoms with E-state index >= 15 is 0 Å². The molecule has 127 heavy (non-hydrogen) atoms. The van der Waals surface area contributed by atoms with Crippen LogP contribution in [0.15, 0.2) is 232 Å². The maximum absolute atomic E-state index is 8.65. The fraction of sp³-hybridized carbons (Fsp3) is 0.277. The molecule has 0 saturated heterocycles. The summed E-state index contributed by atoms with van der Waals surface area (Å²) in [7, 11) is 0. The van der Waals surface area contributed by atoms with E-state index in [1.165, 1.54) is 38.4 Å². The van der Waals surface area contributed by atoms with Crippen LogP contribution in [-0.2, 0) is 60.3 Å². The summed E-state index contributed by atoms with van der Waals surface area (Å²) >= 11 is 0. The quantitative estimate of drug-likeness (QED) is 0.0797. The summed E-state index contributed by atoms with van der Waals surface area (Å²) in [6.45, 7) is 6.60. The van der Waals surface area contributed by atoms with Crippen molar-refractivity contribution in [1.82, 2.24) is 44.9 Å². The molecule has 2 atom stereocenters. The molecular formula is C112H113Ir3N9O3-6. The van der Waals surface area contributed by atoms with E-state index in [0.717, 1.165) is 138 Å². The van der Waals surface area contributed by atoms with Gasteiger partial charge in [-0.25, -0.2) is 15.0 Å². The Bertz CT molecular complexity index is 7610. The number of aryl methyl sites for hydroxylation is 10. The summed E-state index contributed by atoms with van der Waals surface area (Å²) in [6, 6.07) is 73.6. The molecule has 18 rings (SSSR count). The third-order valence-electron chi connectivity index (χ3n) is 21.6. The molecule has 0 aliphatic rings. The summed E-state index contributed by atoms with van der Waals surface area (Å²) in [5.41, 5.74) is 17.3. The van der Waals surface area contributed by atoms with Crippen LogP contribution in [0.25, 0.3) is 134 Å². The topological polar surface area (TPSA) is 155 Å². The van der Waals surface area contributed by atoms with Gasteiger partial charge in [0.15, 0.2) is 0 Å². The first-order valence-corrected chi connectivity index (χ1v) is 41.4. The molecule has 0 fully saturated rings. The van der Waals surface area contributed by atoms with Gasteiger partial charge in [0.05, 0.1) is 16.7 Å². The molecule has 2 unspecified atom stereocenters. The molecule has 0 N–H and O–H groups in total. The first kappa shape index (κ1) is 68.2. The molecule has 0 spiro atoms. The Morgan fingerprint density at radius 3 is 0.984 bits per heavy atom. The van der Waals surface area contributed by atoms with Gasteiger partial charge in [0.25, 0.3) is 0 Å². The van der Waals surface area contributed by atoms with Crippen LogP contribution in [0.1, 0.15) is 255 Å². The van der Waals surface area contributed by atoms with Crippen LogP contribution >= 0.6 is 0 Å². The number of furan rings is 3. The van der Waals surface area contributed by atoms with Gasteiger partial charge in [-0.15, -0.1) is 162 Å². The zero-order valence-corrected chi connectivity index (χ0v) is 80.0. The van der Waals surface area contributed by atoms with Gasteiger partial charge in [0.2, 0.25) is 17.1 Å². The zero-order chi connectivity index (χ0) is 109. The summed E-state index contributed by atoms with van der Waals surface area (Å²) < 4.78 is 215. The number of aromatic nitrogens is 9. The summed E-state index contributed by atoms with van der Waals surface area (Å²) in [5, 5.41) is 5.03. The minimum atomic E-state index is -2.73. The first-order chi connectivity index (χ1) is 69.8. The first-order valence-electron chi connectivity index (χ1n) is 53.9. The number of hydrogen-bond acceptors (Lipinski definition) is 12. The summed E-state index contributed by atoms with van der Waals surface area (Å²) in [6.07, 6.45) is 13.2. The molecule has 0 aliphatic carbocycles. The number of benzene rings is 6. The van der Waals surface area contributed by atoms with E-state index in [4.69, 9.17) is 47.5 Å². The minimum Gasteiger partial charge on any atom is -0.486 e. The van der Waals surface area contributed by atoms with Gasteiger partial charge in [0.1, 0.15) is 0 Å². The standard InChI is InChI=1S/C23H23N2O.2C21H19N2O.2C17H20N.C13H12N.3Ir/c1-5-16(6-2)20-13-24-21(12-14(20)3)19-9-7-8-17-18-11-10-15(4)25-23(18)26-22(17)19;2*1-12(2)18-11-22-19(10-13(18)3)17-7-5-6-15-16-9-8-14(4)23-21(16)24-20(15)17;1-4-14(5-2)16-11-17(18-12-13(16)3)15-9-7-6-8-10-15;1-4-14(5-2)16-12-18-17(11-13(16)3)15-9-7-6-8-10-15;1-10-8-13(14-9-11(10)2)12-6-4-3-5-7-12;;;/h7-8,10-13,16H,5-6H2,1-4H3;2*5-6,8-12H,1-4H3;2*6-9,11-12,14H,4-5H2,1-3H3;3-6,8-9H,1-2H3;;;/q6*-1;;;/i3D3;2*1D3,3D3,12D;3D3,14D;14D;2D3;;;. The van der Waals surface area contributed by atoms with Gasteiger partial charge in [0, 0.05) is 165 Å². The molecule has 18 aromatic rings. The Morgan fingerprint density at radius 1 is 0.307 bits per heavy atom. The van der Waals surface area contributed by atoms with Crippen molar-refractivity contribution in [3.05, 3.63) is 339 Å². The van der Waals surface area contributed by atoms with Gasteiger partial charge >= 0.3 is 0 Å². The molecule has 12 nitrogen and oxygen atoms in total. The fourth-order valence-corrected chi connectivity index (χ4v) is 14.7. The van der Waals surface area contributed by atoms with Crippen LogP contribution in [0.5, 0.6) is 0 Å². The molecule has 657 valence electrons. The van der Waals surface area contributed by atoms with E-state index in [1.54, 1.807) is 49.5 Å². The molecule has 15 heteroatoms. The van der Waals surface area contributed by atoms with Crippen LogP contribution in [0, 0.1) is 105 Å². The predicted molar refractivity (Wildman–Crippen MR) is 512 cm³/mol. The second-order valence-corrected chi connectivity index (χ2v) is 30.0. The number of rotatable bonds is 17. The third-order valence-corrected chi connectivity index (χ3v) is 21.6. The van der Waals surface area contributed by atoms with E-state index in [0.29, 0.717) is 91.5 Å². The molecular weight excluding hydrogens is 2100 g/mol. The van der Waals surface area contributed by atoms with E-state index in [1.807, 2.05) is 168 Å². The van der Waals surface area contributed by atoms with Gasteiger partial charge in [-0.05, 0) is 246 Å². The van der Waals surface area contributed by atoms with Crippen LogP contribution in [0.2, 0.25) is 0 Å². The molecule has 0 saturated carbocycles. The van der Waals surface area contributed by atoms with Gasteiger partial charge in [-0.3, -0.25) is 0 Å². The molecule has 6 aromatic carbocycles. The van der Waals surface area contributed by atoms with Gasteiger partial charge in [-0.1, -0.05) is 166 Å². The second kappa shape index (κ2) is 45.6. The molecule has 12 heterocycles. The average molecular weight is 2230 g/mol. The normalized spacial score (nSPS) is 15.7. The Labute approximate surface area is 826 Å². The van der Waals surface area contributed by atoms with E-state index in [9.17, 15) is 0 Å². The number of hydrogen-bond donors (Lipinski definition) is 0. The number of fused-ring (bicyclic) bond motifs is 9. The van der Waals surface area contributed by atoms with Crippen molar-refractivity contribution >= 4 is 66.2 Å². The fourth-order valence-electron chi connectivity index (χ4n) is 14.7. The predicted octanol–water partition coefficient (Wildman–Crippen LogP) is 30.2. The maximum atomic E-state index is 8.65. The largest absolute Gasteiger partial charge is 0.486 e. The maximum Gasteiger partial charge on any atom is 0.216 e. The zero-order valence-electron chi connectivity index (χ0n) is 97.9. The van der Waals surface area contributed by atoms with Crippen LogP contribution in [0.3, 0.4) is 0 Å². The van der Waals surface area contributed by atoms with E-state index in [-0.39, 0.29) is 105 Å². The monoisotopic (exact) mass is 2240 g/mol. The summed E-state index contributed by atoms with van der Waals surface area (Å²) in [4.78, 5) is 39.5. The van der Waals surface area contributed by atoms with Crippen molar-refractivity contribution in [3.8, 4) is 67.5 Å². The van der Waals surface area contributed by atoms with Gasteiger partial charge in [-0.2, -0.15) is 0 Å². The number of pyridine rings is 9. The smallest absolute Gasteiger partial charge is 0.216 e. The van der Waals surface area contributed by atoms with Crippen LogP contribution < -0.4 is 0 Å². The third kappa shape index (κ3) is 23.1. The summed E-state index contributed by atoms with van der Waals surface area (Å²) in [5.74, 6) is -5.55. The molecule has 0 aliphatic heterocycles. The Balaban J connectivity index is 0.000000188. The molecule has 3 radical (unpaired) electrons. The average Bonchev–Trinajstić information content (AvgIpc) is 1.68. The Morgan fingerprint density at radius 2 is 0.638 bits per heavy atom. The van der Waals surface area contributed by atoms with Crippen molar-refractivity contribution in [3.63, 3.8) is 0 Å². The second-order valence-electron chi connectivity index (χ2n) is 30.0. The molecule has 12 aromatic heterocycles. The van der Waals surface area contributed by atoms with Crippen molar-refractivity contribution in [2.75, 3.05) is 0 Å².